The highest BCUT2D eigenvalue weighted by Crippen LogP contribution is 2.50. The highest BCUT2D eigenvalue weighted by atomic mass is 32.2. The number of carbonyl (C=O) groups is 2. The molecule has 0 aliphatic carbocycles. The van der Waals surface area contributed by atoms with Gasteiger partial charge in [0.05, 0.1) is 0 Å². The van der Waals surface area contributed by atoms with Crippen molar-refractivity contribution in [3.8, 4) is 0 Å². The molecule has 1 heterocycles. The van der Waals surface area contributed by atoms with Crippen LogP contribution in [0.15, 0.2) is 58.6 Å². The minimum absolute atomic E-state index is 0.0372. The number of urea groups is 1. The molecule has 0 saturated heterocycles. The van der Waals surface area contributed by atoms with Crippen LogP contribution < -0.4 is 16.4 Å². The highest BCUT2D eigenvalue weighted by molar-refractivity contribution is 8.15. The summed E-state index contributed by atoms with van der Waals surface area (Å²) in [6.07, 6.45) is 0.0285. The molecule has 192 valence electrons. The average Bonchev–Trinajstić information content (AvgIpc) is 3.27. The molecule has 0 fully saturated rings. The molecular formula is C24H28F2N6O3S. The van der Waals surface area contributed by atoms with E-state index in [0.29, 0.717) is 19.4 Å². The first-order chi connectivity index (χ1) is 17.2. The van der Waals surface area contributed by atoms with Crippen molar-refractivity contribution in [1.29, 1.82) is 0 Å². The van der Waals surface area contributed by atoms with Gasteiger partial charge in [0.2, 0.25) is 0 Å². The monoisotopic (exact) mass is 518 g/mol. The zero-order valence-corrected chi connectivity index (χ0v) is 20.9. The van der Waals surface area contributed by atoms with E-state index in [0.717, 1.165) is 23.8 Å². The number of nitrogens with two attached hydrogens (primary N) is 1. The normalized spacial score (nSPS) is 18.5. The lowest BCUT2D eigenvalue weighted by molar-refractivity contribution is -0.144. The van der Waals surface area contributed by atoms with Crippen LogP contribution in [0.5, 0.6) is 0 Å². The van der Waals surface area contributed by atoms with Crippen molar-refractivity contribution in [2.45, 2.75) is 30.7 Å². The number of carbonyl (C=O) groups excluding carboxylic acids is 2. The summed E-state index contributed by atoms with van der Waals surface area (Å²) in [5.41, 5.74) is 5.87. The SMILES string of the molecule is CN=C(NCCC[C@]1(c2ccccc2)SC(c2cc(F)ccc2F)=NN1C(=O)[C@H](C)OC)NC(N)=O. The van der Waals surface area contributed by atoms with Crippen molar-refractivity contribution in [3.05, 3.63) is 71.3 Å². The van der Waals surface area contributed by atoms with Gasteiger partial charge in [0.1, 0.15) is 27.7 Å². The maximum atomic E-state index is 14.7. The molecule has 36 heavy (non-hydrogen) atoms. The Balaban J connectivity index is 1.99. The Morgan fingerprint density at radius 3 is 2.61 bits per heavy atom. The Labute approximate surface area is 212 Å². The van der Waals surface area contributed by atoms with E-state index in [1.54, 1.807) is 6.92 Å². The van der Waals surface area contributed by atoms with Crippen LogP contribution in [0.25, 0.3) is 0 Å². The van der Waals surface area contributed by atoms with E-state index in [1.165, 1.54) is 30.9 Å². The van der Waals surface area contributed by atoms with Crippen LogP contribution in [0.4, 0.5) is 13.6 Å². The standard InChI is InChI=1S/C24H28F2N6O3S/c1-15(35-3)21(33)32-24(16-8-5-4-6-9-16,12-7-13-29-23(28-2)30-22(27)34)36-20(31-32)18-14-17(25)10-11-19(18)26/h4-6,8-11,14-15H,7,12-13H2,1-3H3,(H4,27,28,29,30,34)/t15-,24+/m0/s1. The van der Waals surface area contributed by atoms with Crippen molar-refractivity contribution in [2.75, 3.05) is 20.7 Å². The molecule has 1 aliphatic rings. The van der Waals surface area contributed by atoms with E-state index < -0.39 is 34.5 Å². The van der Waals surface area contributed by atoms with E-state index in [4.69, 9.17) is 10.5 Å². The Morgan fingerprint density at radius 1 is 1.25 bits per heavy atom. The van der Waals surface area contributed by atoms with Crippen molar-refractivity contribution in [3.63, 3.8) is 0 Å². The fraction of sp³-hybridized carbons (Fsp3) is 0.333. The predicted octanol–water partition coefficient (Wildman–Crippen LogP) is 3.11. The fourth-order valence-electron chi connectivity index (χ4n) is 3.68. The summed E-state index contributed by atoms with van der Waals surface area (Å²) in [5.74, 6) is -1.50. The zero-order chi connectivity index (χ0) is 26.3. The first kappa shape index (κ1) is 27.1. The highest BCUT2D eigenvalue weighted by Gasteiger charge is 2.49. The number of nitrogens with one attached hydrogen (secondary N) is 2. The van der Waals surface area contributed by atoms with Gasteiger partial charge in [-0.25, -0.2) is 18.6 Å². The molecule has 3 amide bonds. The van der Waals surface area contributed by atoms with E-state index in [9.17, 15) is 18.4 Å². The molecule has 12 heteroatoms. The predicted molar refractivity (Wildman–Crippen MR) is 135 cm³/mol. The first-order valence-electron chi connectivity index (χ1n) is 11.1. The number of thioether (sulfide) groups is 1. The number of nitrogens with zero attached hydrogens (tertiary/aromatic N) is 3. The Morgan fingerprint density at radius 2 is 1.97 bits per heavy atom. The first-order valence-corrected chi connectivity index (χ1v) is 12.0. The molecule has 0 bridgehead atoms. The van der Waals surface area contributed by atoms with Gasteiger partial charge in [-0.3, -0.25) is 15.1 Å². The molecular weight excluding hydrogens is 490 g/mol. The maximum Gasteiger partial charge on any atom is 0.318 e. The third-order valence-electron chi connectivity index (χ3n) is 5.54. The molecule has 4 N–H and O–H groups in total. The quantitative estimate of drug-likeness (QED) is 0.282. The number of hydrazone groups is 1. The Bertz CT molecular complexity index is 1160. The smallest absolute Gasteiger partial charge is 0.318 e. The van der Waals surface area contributed by atoms with Crippen LogP contribution in [0.1, 0.15) is 30.9 Å². The van der Waals surface area contributed by atoms with Crippen LogP contribution in [0.2, 0.25) is 0 Å². The summed E-state index contributed by atoms with van der Waals surface area (Å²) in [4.78, 5) is 27.4. The molecule has 2 aromatic carbocycles. The number of aliphatic imine (C=N–C) groups is 1. The van der Waals surface area contributed by atoms with E-state index in [2.05, 4.69) is 20.7 Å². The van der Waals surface area contributed by atoms with E-state index in [-0.39, 0.29) is 16.6 Å². The molecule has 2 aromatic rings. The number of halogens is 2. The topological polar surface area (TPSA) is 121 Å². The summed E-state index contributed by atoms with van der Waals surface area (Å²) in [7, 11) is 2.91. The van der Waals surface area contributed by atoms with Gasteiger partial charge in [0, 0.05) is 26.3 Å². The molecule has 2 atom stereocenters. The summed E-state index contributed by atoms with van der Waals surface area (Å²) in [6.45, 7) is 1.97. The van der Waals surface area contributed by atoms with Crippen LogP contribution >= 0.6 is 11.8 Å². The van der Waals surface area contributed by atoms with Crippen LogP contribution in [-0.2, 0) is 14.4 Å². The van der Waals surface area contributed by atoms with Crippen molar-refractivity contribution < 1.29 is 23.1 Å². The van der Waals surface area contributed by atoms with Crippen molar-refractivity contribution in [1.82, 2.24) is 15.6 Å². The van der Waals surface area contributed by atoms with Gasteiger partial charge in [-0.05, 0) is 43.5 Å². The minimum atomic E-state index is -1.07. The lowest BCUT2D eigenvalue weighted by Gasteiger charge is -2.37. The van der Waals surface area contributed by atoms with Crippen LogP contribution in [-0.4, -0.2) is 54.8 Å². The molecule has 0 unspecified atom stereocenters. The Kier molecular flexibility index (Phi) is 8.99. The maximum absolute atomic E-state index is 14.7. The van der Waals surface area contributed by atoms with Gasteiger partial charge in [-0.2, -0.15) is 5.10 Å². The number of primary amides is 1. The summed E-state index contributed by atoms with van der Waals surface area (Å²) < 4.78 is 34.0. The molecule has 0 saturated carbocycles. The minimum Gasteiger partial charge on any atom is -0.372 e. The number of methoxy groups -OCH3 is 1. The second-order valence-corrected chi connectivity index (χ2v) is 9.17. The largest absolute Gasteiger partial charge is 0.372 e. The van der Waals surface area contributed by atoms with Gasteiger partial charge in [0.15, 0.2) is 5.96 Å². The second-order valence-electron chi connectivity index (χ2n) is 7.90. The molecule has 0 radical (unpaired) electrons. The van der Waals surface area contributed by atoms with Gasteiger partial charge in [-0.15, -0.1) is 0 Å². The van der Waals surface area contributed by atoms with Crippen molar-refractivity contribution in [2.24, 2.45) is 15.8 Å². The third kappa shape index (κ3) is 6.00. The summed E-state index contributed by atoms with van der Waals surface area (Å²) in [5, 5.41) is 11.3. The lowest BCUT2D eigenvalue weighted by atomic mass is 9.99. The number of amides is 3. The third-order valence-corrected chi connectivity index (χ3v) is 6.99. The number of hydrogen-bond donors (Lipinski definition) is 3. The molecule has 0 aromatic heterocycles. The van der Waals surface area contributed by atoms with Gasteiger partial charge in [0.25, 0.3) is 5.91 Å². The number of guanidine groups is 1. The van der Waals surface area contributed by atoms with Gasteiger partial charge < -0.3 is 15.8 Å². The number of hydrogen-bond acceptors (Lipinski definition) is 6. The lowest BCUT2D eigenvalue weighted by Crippen LogP contribution is -2.47. The van der Waals surface area contributed by atoms with Crippen LogP contribution in [0, 0.1) is 11.6 Å². The second kappa shape index (κ2) is 12.0. The number of rotatable bonds is 8. The van der Waals surface area contributed by atoms with E-state index >= 15 is 0 Å². The summed E-state index contributed by atoms with van der Waals surface area (Å²) in [6, 6.07) is 11.6. The molecule has 0 spiro atoms. The van der Waals surface area contributed by atoms with Crippen molar-refractivity contribution >= 4 is 34.7 Å². The zero-order valence-electron chi connectivity index (χ0n) is 20.1. The number of benzene rings is 2. The number of ether oxygens (including phenoxy) is 1. The van der Waals surface area contributed by atoms with Gasteiger partial charge in [-0.1, -0.05) is 42.1 Å². The molecule has 3 rings (SSSR count). The summed E-state index contributed by atoms with van der Waals surface area (Å²) >= 11 is 1.17. The molecule has 9 nitrogen and oxygen atoms in total. The fourth-order valence-corrected chi connectivity index (χ4v) is 5.10. The Hall–Kier alpha value is -3.51. The average molecular weight is 519 g/mol. The van der Waals surface area contributed by atoms with E-state index in [1.807, 2.05) is 30.3 Å². The van der Waals surface area contributed by atoms with Gasteiger partial charge >= 0.3 is 6.03 Å². The molecule has 1 aliphatic heterocycles. The van der Waals surface area contributed by atoms with Crippen LogP contribution in [0.3, 0.4) is 0 Å².